The molecule has 0 aliphatic carbocycles. The van der Waals surface area contributed by atoms with E-state index in [0.717, 1.165) is 26.5 Å². The molecule has 3 rings (SSSR count). The Morgan fingerprint density at radius 3 is 2.29 bits per heavy atom. The summed E-state index contributed by atoms with van der Waals surface area (Å²) in [5, 5.41) is 3.16. The molecule has 0 radical (unpaired) electrons. The van der Waals surface area contributed by atoms with E-state index in [0.29, 0.717) is 26.2 Å². The van der Waals surface area contributed by atoms with Crippen molar-refractivity contribution in [3.63, 3.8) is 0 Å². The molecule has 1 saturated heterocycles. The van der Waals surface area contributed by atoms with E-state index >= 15 is 0 Å². The van der Waals surface area contributed by atoms with Gasteiger partial charge in [-0.15, -0.1) is 0 Å². The monoisotopic (exact) mass is 469 g/mol. The molecule has 1 aliphatic heterocycles. The Morgan fingerprint density at radius 2 is 1.68 bits per heavy atom. The van der Waals surface area contributed by atoms with Crippen LogP contribution >= 0.6 is 15.9 Å². The maximum atomic E-state index is 13.2. The van der Waals surface area contributed by atoms with Crippen LogP contribution in [-0.2, 0) is 21.4 Å². The van der Waals surface area contributed by atoms with Gasteiger partial charge in [-0.3, -0.25) is 4.79 Å². The van der Waals surface area contributed by atoms with Gasteiger partial charge in [0.05, 0.1) is 11.4 Å². The molecule has 0 bridgehead atoms. The molecule has 28 heavy (non-hydrogen) atoms. The molecule has 150 valence electrons. The Kier molecular flexibility index (Phi) is 6.82. The fraction of sp³-hybridized carbons (Fsp3) is 0.316. The lowest BCUT2D eigenvalue weighted by molar-refractivity contribution is -0.132. The molecule has 9 heteroatoms. The van der Waals surface area contributed by atoms with Crippen molar-refractivity contribution < 1.29 is 17.6 Å². The number of carbonyl (C=O) groups is 1. The van der Waals surface area contributed by atoms with Crippen molar-refractivity contribution in [2.24, 2.45) is 0 Å². The number of nitrogens with zero attached hydrogens (tertiary/aromatic N) is 2. The molecular formula is C19H21BrFN3O3S. The number of sulfonamides is 1. The van der Waals surface area contributed by atoms with Gasteiger partial charge in [-0.05, 0) is 42.0 Å². The minimum atomic E-state index is -3.97. The Morgan fingerprint density at radius 1 is 1.07 bits per heavy atom. The topological polar surface area (TPSA) is 69.7 Å². The highest BCUT2D eigenvalue weighted by molar-refractivity contribution is 9.10. The average Bonchev–Trinajstić information content (AvgIpc) is 2.70. The summed E-state index contributed by atoms with van der Waals surface area (Å²) >= 11 is 3.35. The Bertz CT molecular complexity index is 914. The number of halogens is 2. The highest BCUT2D eigenvalue weighted by Crippen LogP contribution is 2.20. The second-order valence-corrected chi connectivity index (χ2v) is 9.34. The van der Waals surface area contributed by atoms with Gasteiger partial charge in [0.25, 0.3) is 0 Å². The SMILES string of the molecule is O=C(CN(Cc1ccc(Br)cc1)S(=O)(=O)c1ccc(F)cc1)N1CCNCC1. The zero-order valence-electron chi connectivity index (χ0n) is 15.1. The third-order valence-corrected chi connectivity index (χ3v) is 6.84. The fourth-order valence-electron chi connectivity index (χ4n) is 2.94. The van der Waals surface area contributed by atoms with Crippen LogP contribution in [0.2, 0.25) is 0 Å². The zero-order valence-corrected chi connectivity index (χ0v) is 17.5. The lowest BCUT2D eigenvalue weighted by atomic mass is 10.2. The lowest BCUT2D eigenvalue weighted by Gasteiger charge is -2.30. The molecule has 0 spiro atoms. The normalized spacial score (nSPS) is 15.0. The van der Waals surface area contributed by atoms with Crippen LogP contribution < -0.4 is 5.32 Å². The lowest BCUT2D eigenvalue weighted by Crippen LogP contribution is -2.50. The van der Waals surface area contributed by atoms with Gasteiger partial charge in [-0.1, -0.05) is 28.1 Å². The molecule has 1 amide bonds. The van der Waals surface area contributed by atoms with Gasteiger partial charge in [0.2, 0.25) is 15.9 Å². The van der Waals surface area contributed by atoms with Gasteiger partial charge in [0, 0.05) is 37.2 Å². The second-order valence-electron chi connectivity index (χ2n) is 6.48. The van der Waals surface area contributed by atoms with Crippen LogP contribution in [0.3, 0.4) is 0 Å². The predicted octanol–water partition coefficient (Wildman–Crippen LogP) is 2.21. The van der Waals surface area contributed by atoms with E-state index in [4.69, 9.17) is 0 Å². The highest BCUT2D eigenvalue weighted by Gasteiger charge is 2.29. The number of carbonyl (C=O) groups excluding carboxylic acids is 1. The van der Waals surface area contributed by atoms with Gasteiger partial charge in [-0.25, -0.2) is 12.8 Å². The summed E-state index contributed by atoms with van der Waals surface area (Å²) in [6, 6.07) is 11.9. The summed E-state index contributed by atoms with van der Waals surface area (Å²) in [6.07, 6.45) is 0. The van der Waals surface area contributed by atoms with Crippen molar-refractivity contribution in [3.8, 4) is 0 Å². The van der Waals surface area contributed by atoms with E-state index in [1.54, 1.807) is 17.0 Å². The van der Waals surface area contributed by atoms with E-state index in [9.17, 15) is 17.6 Å². The van der Waals surface area contributed by atoms with E-state index in [2.05, 4.69) is 21.2 Å². The largest absolute Gasteiger partial charge is 0.339 e. The maximum Gasteiger partial charge on any atom is 0.243 e. The van der Waals surface area contributed by atoms with Gasteiger partial charge in [0.1, 0.15) is 5.82 Å². The Labute approximate surface area is 172 Å². The average molecular weight is 470 g/mol. The zero-order chi connectivity index (χ0) is 20.1. The first kappa shape index (κ1) is 20.9. The minimum Gasteiger partial charge on any atom is -0.339 e. The molecule has 6 nitrogen and oxygen atoms in total. The molecule has 2 aromatic carbocycles. The summed E-state index contributed by atoms with van der Waals surface area (Å²) in [7, 11) is -3.97. The highest BCUT2D eigenvalue weighted by atomic mass is 79.9. The number of benzene rings is 2. The number of piperazine rings is 1. The van der Waals surface area contributed by atoms with Gasteiger partial charge in [0.15, 0.2) is 0 Å². The van der Waals surface area contributed by atoms with Crippen LogP contribution in [0.4, 0.5) is 4.39 Å². The second kappa shape index (κ2) is 9.13. The smallest absolute Gasteiger partial charge is 0.243 e. The van der Waals surface area contributed by atoms with Crippen molar-refractivity contribution in [1.82, 2.24) is 14.5 Å². The fourth-order valence-corrected chi connectivity index (χ4v) is 4.58. The van der Waals surface area contributed by atoms with Crippen molar-refractivity contribution in [2.75, 3.05) is 32.7 Å². The van der Waals surface area contributed by atoms with E-state index in [1.807, 2.05) is 12.1 Å². The molecule has 1 N–H and O–H groups in total. The third-order valence-electron chi connectivity index (χ3n) is 4.50. The first-order valence-corrected chi connectivity index (χ1v) is 11.1. The van der Waals surface area contributed by atoms with Crippen LogP contribution in [0.5, 0.6) is 0 Å². The number of rotatable bonds is 6. The summed E-state index contributed by atoms with van der Waals surface area (Å²) in [5.41, 5.74) is 0.752. The van der Waals surface area contributed by atoms with Gasteiger partial charge < -0.3 is 10.2 Å². The summed E-state index contributed by atoms with van der Waals surface area (Å²) in [5.74, 6) is -0.764. The third kappa shape index (κ3) is 5.16. The molecule has 1 fully saturated rings. The Hall–Kier alpha value is -1.81. The quantitative estimate of drug-likeness (QED) is 0.703. The molecule has 0 unspecified atom stereocenters. The van der Waals surface area contributed by atoms with Crippen LogP contribution in [0.1, 0.15) is 5.56 Å². The van der Waals surface area contributed by atoms with E-state index in [-0.39, 0.29) is 23.9 Å². The Balaban J connectivity index is 1.87. The molecule has 0 aromatic heterocycles. The molecule has 0 atom stereocenters. The number of hydrogen-bond donors (Lipinski definition) is 1. The van der Waals surface area contributed by atoms with Gasteiger partial charge in [-0.2, -0.15) is 4.31 Å². The maximum absolute atomic E-state index is 13.2. The predicted molar refractivity (Wildman–Crippen MR) is 108 cm³/mol. The van der Waals surface area contributed by atoms with Crippen LogP contribution in [0.15, 0.2) is 57.9 Å². The standard InChI is InChI=1S/C19H21BrFN3O3S/c20-16-3-1-15(2-4-16)13-24(14-19(25)23-11-9-22-10-12-23)28(26,27)18-7-5-17(21)6-8-18/h1-8,22H,9-14H2. The summed E-state index contributed by atoms with van der Waals surface area (Å²) < 4.78 is 41.5. The van der Waals surface area contributed by atoms with E-state index in [1.165, 1.54) is 12.1 Å². The van der Waals surface area contributed by atoms with Crippen molar-refractivity contribution in [3.05, 3.63) is 64.4 Å². The molecule has 2 aromatic rings. The van der Waals surface area contributed by atoms with Crippen LogP contribution in [-0.4, -0.2) is 56.3 Å². The van der Waals surface area contributed by atoms with Crippen molar-refractivity contribution >= 4 is 31.9 Å². The number of amides is 1. The van der Waals surface area contributed by atoms with E-state index < -0.39 is 15.8 Å². The first-order chi connectivity index (χ1) is 13.4. The van der Waals surface area contributed by atoms with Gasteiger partial charge >= 0.3 is 0 Å². The van der Waals surface area contributed by atoms with Crippen molar-refractivity contribution in [1.29, 1.82) is 0 Å². The summed E-state index contributed by atoms with van der Waals surface area (Å²) in [6.45, 7) is 2.23. The molecule has 1 aliphatic rings. The summed E-state index contributed by atoms with van der Waals surface area (Å²) in [4.78, 5) is 14.3. The van der Waals surface area contributed by atoms with Crippen molar-refractivity contribution in [2.45, 2.75) is 11.4 Å². The number of nitrogens with one attached hydrogen (secondary N) is 1. The van der Waals surface area contributed by atoms with Crippen LogP contribution in [0.25, 0.3) is 0 Å². The molecule has 1 heterocycles. The molecule has 0 saturated carbocycles. The minimum absolute atomic E-state index is 0.0425. The first-order valence-electron chi connectivity index (χ1n) is 8.85. The number of hydrogen-bond acceptors (Lipinski definition) is 4. The molecular weight excluding hydrogens is 449 g/mol. The van der Waals surface area contributed by atoms with Crippen LogP contribution in [0, 0.1) is 5.82 Å².